The van der Waals surface area contributed by atoms with Gasteiger partial charge in [0.25, 0.3) is 0 Å². The molecule has 0 spiro atoms. The standard InChI is InChI=1S/C63H49N/c1-62(2,3)49-39-42-51(44-21-7-4-8-22-44)60(43-49)64(59-36-18-15-31-55(59)56-33-20-26-46-25-19-32-52(61(46)56)45-23-9-5-10-24-45)50-40-37-48(38-41-50)63(47-27-11-6-12-28-47)57-34-16-13-29-53(57)54-30-14-17-35-58(54)63/h4-43H,1-3H3. The van der Waals surface area contributed by atoms with E-state index in [2.05, 4.69) is 268 Å². The smallest absolute Gasteiger partial charge is 0.0713 e. The van der Waals surface area contributed by atoms with Crippen LogP contribution in [-0.4, -0.2) is 0 Å². The molecule has 0 aliphatic heterocycles. The van der Waals surface area contributed by atoms with Crippen molar-refractivity contribution >= 4 is 27.8 Å². The molecule has 0 fully saturated rings. The first-order valence-corrected chi connectivity index (χ1v) is 22.4. The number of nitrogens with zero attached hydrogens (tertiary/aromatic N) is 1. The first-order valence-electron chi connectivity index (χ1n) is 22.4. The highest BCUT2D eigenvalue weighted by atomic mass is 15.1. The second-order valence-corrected chi connectivity index (χ2v) is 18.0. The molecule has 1 aliphatic rings. The van der Waals surface area contributed by atoms with E-state index >= 15 is 0 Å². The average Bonchev–Trinajstić information content (AvgIpc) is 3.66. The molecule has 1 nitrogen and oxygen atoms in total. The van der Waals surface area contributed by atoms with E-state index < -0.39 is 5.41 Å². The molecule has 0 bridgehead atoms. The molecule has 64 heavy (non-hydrogen) atoms. The van der Waals surface area contributed by atoms with Crippen LogP contribution < -0.4 is 4.90 Å². The van der Waals surface area contributed by atoms with Gasteiger partial charge in [0.1, 0.15) is 0 Å². The quantitative estimate of drug-likeness (QED) is 0.148. The number of benzene rings is 10. The maximum absolute atomic E-state index is 2.52. The molecule has 0 unspecified atom stereocenters. The predicted octanol–water partition coefficient (Wildman–Crippen LogP) is 17.0. The summed E-state index contributed by atoms with van der Waals surface area (Å²) in [5.41, 5.74) is 18.9. The summed E-state index contributed by atoms with van der Waals surface area (Å²) in [7, 11) is 0. The molecular formula is C63H49N. The summed E-state index contributed by atoms with van der Waals surface area (Å²) in [6.45, 7) is 6.93. The van der Waals surface area contributed by atoms with Crippen molar-refractivity contribution in [3.8, 4) is 44.5 Å². The third-order valence-electron chi connectivity index (χ3n) is 13.3. The van der Waals surface area contributed by atoms with Gasteiger partial charge in [0.2, 0.25) is 0 Å². The Hall–Kier alpha value is -7.74. The first kappa shape index (κ1) is 39.1. The molecule has 0 N–H and O–H groups in total. The number of anilines is 3. The van der Waals surface area contributed by atoms with Crippen LogP contribution in [0, 0.1) is 0 Å². The Balaban J connectivity index is 1.19. The van der Waals surface area contributed by atoms with Crippen LogP contribution in [-0.2, 0) is 10.8 Å². The lowest BCUT2D eigenvalue weighted by Crippen LogP contribution is -2.28. The van der Waals surface area contributed by atoms with Crippen LogP contribution in [0.15, 0.2) is 243 Å². The Morgan fingerprint density at radius 2 is 0.828 bits per heavy atom. The highest BCUT2D eigenvalue weighted by molar-refractivity contribution is 6.09. The van der Waals surface area contributed by atoms with Gasteiger partial charge < -0.3 is 4.90 Å². The molecule has 0 amide bonds. The van der Waals surface area contributed by atoms with Gasteiger partial charge >= 0.3 is 0 Å². The van der Waals surface area contributed by atoms with Gasteiger partial charge in [-0.3, -0.25) is 0 Å². The van der Waals surface area contributed by atoms with Crippen LogP contribution in [0.3, 0.4) is 0 Å². The molecule has 0 saturated heterocycles. The first-order chi connectivity index (χ1) is 31.4. The van der Waals surface area contributed by atoms with Gasteiger partial charge in [-0.2, -0.15) is 0 Å². The summed E-state index contributed by atoms with van der Waals surface area (Å²) in [5.74, 6) is 0. The SMILES string of the molecule is CC(C)(C)c1ccc(-c2ccccc2)c(N(c2ccc(C3(c4ccccc4)c4ccccc4-c4ccccc43)cc2)c2ccccc2-c2cccc3cccc(-c4ccccc4)c23)c1. The van der Waals surface area contributed by atoms with Gasteiger partial charge in [0.15, 0.2) is 0 Å². The Bertz CT molecular complexity index is 3230. The molecule has 10 aromatic carbocycles. The van der Waals surface area contributed by atoms with Gasteiger partial charge in [0.05, 0.1) is 16.8 Å². The van der Waals surface area contributed by atoms with Crippen molar-refractivity contribution in [1.82, 2.24) is 0 Å². The summed E-state index contributed by atoms with van der Waals surface area (Å²) in [4.78, 5) is 2.52. The van der Waals surface area contributed by atoms with Crippen molar-refractivity contribution in [2.45, 2.75) is 31.6 Å². The second-order valence-electron chi connectivity index (χ2n) is 18.0. The fraction of sp³-hybridized carbons (Fsp3) is 0.0794. The van der Waals surface area contributed by atoms with E-state index in [1.54, 1.807) is 0 Å². The second kappa shape index (κ2) is 15.9. The van der Waals surface area contributed by atoms with Gasteiger partial charge in [-0.25, -0.2) is 0 Å². The van der Waals surface area contributed by atoms with E-state index in [4.69, 9.17) is 0 Å². The van der Waals surface area contributed by atoms with Crippen LogP contribution in [0.1, 0.15) is 48.6 Å². The van der Waals surface area contributed by atoms with Crippen molar-refractivity contribution in [3.63, 3.8) is 0 Å². The maximum Gasteiger partial charge on any atom is 0.0713 e. The molecule has 1 aliphatic carbocycles. The minimum absolute atomic E-state index is 0.0788. The Labute approximate surface area is 377 Å². The van der Waals surface area contributed by atoms with Crippen molar-refractivity contribution in [2.24, 2.45) is 0 Å². The van der Waals surface area contributed by atoms with E-state index in [-0.39, 0.29) is 5.41 Å². The Kier molecular flexibility index (Phi) is 9.70. The van der Waals surface area contributed by atoms with E-state index in [1.807, 2.05) is 0 Å². The molecule has 0 radical (unpaired) electrons. The molecule has 10 aromatic rings. The third kappa shape index (κ3) is 6.47. The summed E-state index contributed by atoms with van der Waals surface area (Å²) in [6, 6.07) is 89.7. The molecule has 11 rings (SSSR count). The molecule has 306 valence electrons. The third-order valence-corrected chi connectivity index (χ3v) is 13.3. The fourth-order valence-corrected chi connectivity index (χ4v) is 10.3. The van der Waals surface area contributed by atoms with Crippen molar-refractivity contribution in [1.29, 1.82) is 0 Å². The van der Waals surface area contributed by atoms with Crippen LogP contribution >= 0.6 is 0 Å². The molecule has 0 saturated carbocycles. The number of rotatable bonds is 8. The summed E-state index contributed by atoms with van der Waals surface area (Å²) >= 11 is 0. The molecular weight excluding hydrogens is 771 g/mol. The summed E-state index contributed by atoms with van der Waals surface area (Å²) in [6.07, 6.45) is 0. The molecule has 0 heterocycles. The Morgan fingerprint density at radius 1 is 0.344 bits per heavy atom. The zero-order valence-corrected chi connectivity index (χ0v) is 36.5. The lowest BCUT2D eigenvalue weighted by molar-refractivity contribution is 0.590. The predicted molar refractivity (Wildman–Crippen MR) is 271 cm³/mol. The van der Waals surface area contributed by atoms with Crippen LogP contribution in [0.25, 0.3) is 55.3 Å². The fourth-order valence-electron chi connectivity index (χ4n) is 10.3. The van der Waals surface area contributed by atoms with Gasteiger partial charge in [0, 0.05) is 16.8 Å². The summed E-state index contributed by atoms with van der Waals surface area (Å²) in [5, 5.41) is 2.46. The number of hydrogen-bond donors (Lipinski definition) is 0. The van der Waals surface area contributed by atoms with E-state index in [1.165, 1.54) is 83.1 Å². The molecule has 1 heteroatoms. The van der Waals surface area contributed by atoms with Crippen molar-refractivity contribution in [3.05, 3.63) is 270 Å². The van der Waals surface area contributed by atoms with E-state index in [9.17, 15) is 0 Å². The Morgan fingerprint density at radius 3 is 1.44 bits per heavy atom. The van der Waals surface area contributed by atoms with Gasteiger partial charge in [-0.15, -0.1) is 0 Å². The molecule has 0 atom stereocenters. The zero-order chi connectivity index (χ0) is 43.3. The topological polar surface area (TPSA) is 3.24 Å². The lowest BCUT2D eigenvalue weighted by atomic mass is 9.67. The van der Waals surface area contributed by atoms with Crippen molar-refractivity contribution < 1.29 is 0 Å². The number of fused-ring (bicyclic) bond motifs is 4. The minimum atomic E-state index is -0.492. The number of para-hydroxylation sites is 1. The monoisotopic (exact) mass is 819 g/mol. The van der Waals surface area contributed by atoms with Crippen LogP contribution in [0.4, 0.5) is 17.1 Å². The average molecular weight is 820 g/mol. The van der Waals surface area contributed by atoms with Crippen LogP contribution in [0.2, 0.25) is 0 Å². The van der Waals surface area contributed by atoms with Crippen molar-refractivity contribution in [2.75, 3.05) is 4.90 Å². The number of hydrogen-bond acceptors (Lipinski definition) is 1. The van der Waals surface area contributed by atoms with Gasteiger partial charge in [-0.1, -0.05) is 239 Å². The van der Waals surface area contributed by atoms with Crippen LogP contribution in [0.5, 0.6) is 0 Å². The van der Waals surface area contributed by atoms with E-state index in [0.717, 1.165) is 17.1 Å². The molecule has 0 aromatic heterocycles. The maximum atomic E-state index is 2.52. The normalized spacial score (nSPS) is 12.7. The van der Waals surface area contributed by atoms with E-state index in [0.29, 0.717) is 0 Å². The minimum Gasteiger partial charge on any atom is -0.309 e. The summed E-state index contributed by atoms with van der Waals surface area (Å²) < 4.78 is 0. The highest BCUT2D eigenvalue weighted by Crippen LogP contribution is 2.57. The highest BCUT2D eigenvalue weighted by Gasteiger charge is 2.45. The largest absolute Gasteiger partial charge is 0.309 e. The van der Waals surface area contributed by atoms with Gasteiger partial charge in [-0.05, 0) is 102 Å². The zero-order valence-electron chi connectivity index (χ0n) is 36.5. The lowest BCUT2D eigenvalue weighted by Gasteiger charge is -2.35.